The molecule has 0 saturated carbocycles. The van der Waals surface area contributed by atoms with E-state index in [1.54, 1.807) is 0 Å². The molecule has 0 fully saturated rings. The molecule has 1 nitrogen and oxygen atoms in total. The van der Waals surface area contributed by atoms with Crippen molar-refractivity contribution >= 4 is 17.1 Å². The Morgan fingerprint density at radius 1 is 0.200 bits per heavy atom. The minimum Gasteiger partial charge on any atom is -0.310 e. The molecule has 1 heteroatoms. The second-order valence-corrected chi connectivity index (χ2v) is 14.1. The Morgan fingerprint density at radius 2 is 0.564 bits per heavy atom. The first-order valence-electron chi connectivity index (χ1n) is 18.9. The molecule has 9 aromatic rings. The van der Waals surface area contributed by atoms with E-state index < -0.39 is 0 Å². The Kier molecular flexibility index (Phi) is 8.24. The summed E-state index contributed by atoms with van der Waals surface area (Å²) in [7, 11) is 0. The van der Waals surface area contributed by atoms with E-state index in [2.05, 4.69) is 229 Å². The van der Waals surface area contributed by atoms with Gasteiger partial charge in [-0.1, -0.05) is 188 Å². The van der Waals surface area contributed by atoms with Crippen LogP contribution in [0.3, 0.4) is 0 Å². The molecule has 0 amide bonds. The molecule has 10 rings (SSSR count). The van der Waals surface area contributed by atoms with E-state index in [9.17, 15) is 0 Å². The molecular formula is C54H37N. The van der Waals surface area contributed by atoms with Crippen LogP contribution < -0.4 is 4.90 Å². The maximum absolute atomic E-state index is 2.44. The molecule has 1 aliphatic rings. The van der Waals surface area contributed by atoms with Crippen molar-refractivity contribution in [2.75, 3.05) is 4.90 Å². The number of fused-ring (bicyclic) bond motifs is 8. The van der Waals surface area contributed by atoms with Gasteiger partial charge < -0.3 is 4.90 Å². The number of hydrogen-bond acceptors (Lipinski definition) is 1. The lowest BCUT2D eigenvalue weighted by atomic mass is 9.81. The maximum Gasteiger partial charge on any atom is 0.0540 e. The Labute approximate surface area is 323 Å². The zero-order valence-electron chi connectivity index (χ0n) is 30.3. The molecule has 258 valence electrons. The predicted octanol–water partition coefficient (Wildman–Crippen LogP) is 15.1. The van der Waals surface area contributed by atoms with Gasteiger partial charge in [0.05, 0.1) is 5.69 Å². The number of benzene rings is 9. The number of rotatable bonds is 6. The second kappa shape index (κ2) is 14.0. The highest BCUT2D eigenvalue weighted by molar-refractivity contribution is 6.04. The van der Waals surface area contributed by atoms with Gasteiger partial charge in [-0.15, -0.1) is 0 Å². The van der Waals surface area contributed by atoms with Crippen LogP contribution in [0, 0.1) is 0 Å². The molecule has 0 saturated heterocycles. The topological polar surface area (TPSA) is 3.24 Å². The van der Waals surface area contributed by atoms with Gasteiger partial charge in [0.2, 0.25) is 0 Å². The van der Waals surface area contributed by atoms with Crippen LogP contribution in [0.15, 0.2) is 224 Å². The van der Waals surface area contributed by atoms with E-state index in [0.29, 0.717) is 0 Å². The first kappa shape index (κ1) is 32.4. The number of anilines is 3. The fourth-order valence-corrected chi connectivity index (χ4v) is 8.24. The summed E-state index contributed by atoms with van der Waals surface area (Å²) in [5.41, 5.74) is 20.3. The normalized spacial score (nSPS) is 11.3. The Bertz CT molecular complexity index is 2780. The van der Waals surface area contributed by atoms with Crippen molar-refractivity contribution in [2.45, 2.75) is 0 Å². The molecule has 0 bridgehead atoms. The maximum atomic E-state index is 2.44. The van der Waals surface area contributed by atoms with Gasteiger partial charge in [-0.05, 0) is 109 Å². The third-order valence-electron chi connectivity index (χ3n) is 10.9. The van der Waals surface area contributed by atoms with E-state index in [1.165, 1.54) is 77.9 Å². The summed E-state index contributed by atoms with van der Waals surface area (Å²) < 4.78 is 0. The quantitative estimate of drug-likeness (QED) is 0.167. The molecule has 55 heavy (non-hydrogen) atoms. The van der Waals surface area contributed by atoms with Crippen LogP contribution in [0.4, 0.5) is 17.1 Å². The van der Waals surface area contributed by atoms with Gasteiger partial charge in [0.1, 0.15) is 0 Å². The third-order valence-corrected chi connectivity index (χ3v) is 10.9. The average molecular weight is 700 g/mol. The summed E-state index contributed by atoms with van der Waals surface area (Å²) in [4.78, 5) is 2.44. The summed E-state index contributed by atoms with van der Waals surface area (Å²) in [6.07, 6.45) is 0. The average Bonchev–Trinajstić information content (AvgIpc) is 3.27. The first-order valence-corrected chi connectivity index (χ1v) is 18.9. The minimum absolute atomic E-state index is 1.09. The molecule has 1 aliphatic carbocycles. The molecule has 0 aliphatic heterocycles. The van der Waals surface area contributed by atoms with E-state index in [0.717, 1.165) is 17.1 Å². The lowest BCUT2D eigenvalue weighted by molar-refractivity contribution is 1.28. The Hall–Kier alpha value is -7.22. The van der Waals surface area contributed by atoms with Gasteiger partial charge >= 0.3 is 0 Å². The summed E-state index contributed by atoms with van der Waals surface area (Å²) in [6.45, 7) is 0. The fourth-order valence-electron chi connectivity index (χ4n) is 8.24. The van der Waals surface area contributed by atoms with Crippen LogP contribution in [-0.4, -0.2) is 0 Å². The zero-order chi connectivity index (χ0) is 36.6. The monoisotopic (exact) mass is 699 g/mol. The summed E-state index contributed by atoms with van der Waals surface area (Å²) >= 11 is 0. The third kappa shape index (κ3) is 5.93. The van der Waals surface area contributed by atoms with Crippen molar-refractivity contribution in [1.82, 2.24) is 0 Å². The second-order valence-electron chi connectivity index (χ2n) is 14.1. The smallest absolute Gasteiger partial charge is 0.0540 e. The van der Waals surface area contributed by atoms with Crippen molar-refractivity contribution in [3.05, 3.63) is 224 Å². The summed E-state index contributed by atoms with van der Waals surface area (Å²) in [5, 5.41) is 0. The minimum atomic E-state index is 1.09. The lowest BCUT2D eigenvalue weighted by Gasteiger charge is -2.30. The highest BCUT2D eigenvalue weighted by Crippen LogP contribution is 2.50. The van der Waals surface area contributed by atoms with Gasteiger partial charge in [-0.3, -0.25) is 0 Å². The molecule has 9 aromatic carbocycles. The van der Waals surface area contributed by atoms with E-state index in [1.807, 2.05) is 0 Å². The standard InChI is InChI=1S/C54H37N/c1-4-16-38(17-5-1)40-28-31-43(32-29-40)55(54-35-30-42(39-18-6-2-7-19-39)36-52(54)41-20-8-3-9-21-41)44-33-34-51-49-26-13-12-24-47(49)45-22-10-11-23-46(45)48-25-14-15-27-50(48)53(51)37-44/h1-37H. The highest BCUT2D eigenvalue weighted by atomic mass is 15.1. The predicted molar refractivity (Wildman–Crippen MR) is 233 cm³/mol. The van der Waals surface area contributed by atoms with Gasteiger partial charge in [0, 0.05) is 16.9 Å². The van der Waals surface area contributed by atoms with Crippen LogP contribution in [0.1, 0.15) is 0 Å². The van der Waals surface area contributed by atoms with Crippen molar-refractivity contribution in [1.29, 1.82) is 0 Å². The van der Waals surface area contributed by atoms with Crippen LogP contribution in [0.5, 0.6) is 0 Å². The highest BCUT2D eigenvalue weighted by Gasteiger charge is 2.24. The largest absolute Gasteiger partial charge is 0.310 e. The van der Waals surface area contributed by atoms with Crippen LogP contribution in [0.25, 0.3) is 77.9 Å². The van der Waals surface area contributed by atoms with Gasteiger partial charge in [-0.2, -0.15) is 0 Å². The molecule has 0 unspecified atom stereocenters. The molecule has 0 atom stereocenters. The van der Waals surface area contributed by atoms with E-state index in [-0.39, 0.29) is 0 Å². The fraction of sp³-hybridized carbons (Fsp3) is 0. The molecule has 0 aromatic heterocycles. The summed E-state index contributed by atoms with van der Waals surface area (Å²) in [6, 6.07) is 81.6. The van der Waals surface area contributed by atoms with Crippen molar-refractivity contribution in [3.63, 3.8) is 0 Å². The van der Waals surface area contributed by atoms with Crippen molar-refractivity contribution in [3.8, 4) is 77.9 Å². The molecule has 0 spiro atoms. The molecule has 0 heterocycles. The first-order chi connectivity index (χ1) is 27.3. The number of nitrogens with zero attached hydrogens (tertiary/aromatic N) is 1. The lowest BCUT2D eigenvalue weighted by Crippen LogP contribution is -2.12. The zero-order valence-corrected chi connectivity index (χ0v) is 30.3. The Balaban J connectivity index is 1.23. The van der Waals surface area contributed by atoms with E-state index in [4.69, 9.17) is 0 Å². The number of hydrogen-bond donors (Lipinski definition) is 0. The SMILES string of the molecule is c1ccc(-c2ccc(N(c3ccc4c(c3)-c3ccccc3-c3ccccc3-c3ccccc3-4)c3ccc(-c4ccccc4)cc3-c3ccccc3)cc2)cc1. The summed E-state index contributed by atoms with van der Waals surface area (Å²) in [5.74, 6) is 0. The van der Waals surface area contributed by atoms with Crippen LogP contribution in [-0.2, 0) is 0 Å². The molecule has 0 radical (unpaired) electrons. The van der Waals surface area contributed by atoms with E-state index >= 15 is 0 Å². The van der Waals surface area contributed by atoms with Crippen LogP contribution in [0.2, 0.25) is 0 Å². The van der Waals surface area contributed by atoms with Gasteiger partial charge in [-0.25, -0.2) is 0 Å². The van der Waals surface area contributed by atoms with Crippen molar-refractivity contribution in [2.24, 2.45) is 0 Å². The molecular weight excluding hydrogens is 663 g/mol. The van der Waals surface area contributed by atoms with Crippen molar-refractivity contribution < 1.29 is 0 Å². The van der Waals surface area contributed by atoms with Gasteiger partial charge in [0.25, 0.3) is 0 Å². The van der Waals surface area contributed by atoms with Crippen LogP contribution >= 0.6 is 0 Å². The molecule has 0 N–H and O–H groups in total. The Morgan fingerprint density at radius 3 is 1.07 bits per heavy atom. The van der Waals surface area contributed by atoms with Gasteiger partial charge in [0.15, 0.2) is 0 Å².